The van der Waals surface area contributed by atoms with E-state index in [-0.39, 0.29) is 0 Å². The summed E-state index contributed by atoms with van der Waals surface area (Å²) in [6.07, 6.45) is 0. The number of hydrogen-bond donors (Lipinski definition) is 0. The van der Waals surface area contributed by atoms with Gasteiger partial charge < -0.3 is 13.7 Å². The summed E-state index contributed by atoms with van der Waals surface area (Å²) in [7, 11) is 0. The quantitative estimate of drug-likeness (QED) is 0.143. The van der Waals surface area contributed by atoms with Crippen molar-refractivity contribution in [2.24, 2.45) is 0 Å². The van der Waals surface area contributed by atoms with Gasteiger partial charge in [0.15, 0.2) is 23.3 Å². The summed E-state index contributed by atoms with van der Waals surface area (Å²) in [4.78, 5) is 30.0. The first-order valence-corrected chi connectivity index (χ1v) is 27.9. The highest BCUT2D eigenvalue weighted by Gasteiger charge is 2.25. The van der Waals surface area contributed by atoms with Crippen LogP contribution < -0.4 is 0 Å². The van der Waals surface area contributed by atoms with Crippen LogP contribution in [0.2, 0.25) is 0 Å². The SMILES string of the molecule is Cc1nc(C)nc(-c2ccc3c(c2)c2ccccc2n3-c2c(-c3ccc(-n4c5ccccc5c5ccccc54)cc3)cc(-c3nc(-c4ccccc4)nc(-c4ccccc4)n3)cc2-c2ccc(-n3c4ccccc4c4ccccc43)cc2)n1. The first-order valence-electron chi connectivity index (χ1n) is 27.9. The van der Waals surface area contributed by atoms with Crippen molar-refractivity contribution in [2.75, 3.05) is 0 Å². The van der Waals surface area contributed by atoms with Crippen LogP contribution in [-0.2, 0) is 0 Å². The van der Waals surface area contributed by atoms with Gasteiger partial charge in [-0.05, 0) is 110 Å². The maximum atomic E-state index is 5.37. The third-order valence-corrected chi connectivity index (χ3v) is 16.1. The number of aryl methyl sites for hydroxylation is 2. The van der Waals surface area contributed by atoms with E-state index in [9.17, 15) is 0 Å². The second-order valence-electron chi connectivity index (χ2n) is 21.1. The van der Waals surface area contributed by atoms with Crippen molar-refractivity contribution in [3.05, 3.63) is 273 Å². The van der Waals surface area contributed by atoms with Crippen molar-refractivity contribution < 1.29 is 0 Å². The summed E-state index contributed by atoms with van der Waals surface area (Å²) >= 11 is 0. The number of benzene rings is 11. The number of para-hydroxylation sites is 5. The van der Waals surface area contributed by atoms with Gasteiger partial charge in [-0.15, -0.1) is 0 Å². The largest absolute Gasteiger partial charge is 0.309 e. The average Bonchev–Trinajstić information content (AvgIpc) is 3.29. The molecule has 0 saturated carbocycles. The molecule has 5 aromatic heterocycles. The highest BCUT2D eigenvalue weighted by atomic mass is 15.0. The maximum Gasteiger partial charge on any atom is 0.164 e. The predicted molar refractivity (Wildman–Crippen MR) is 338 cm³/mol. The summed E-state index contributed by atoms with van der Waals surface area (Å²) in [5.41, 5.74) is 17.5. The highest BCUT2D eigenvalue weighted by Crippen LogP contribution is 2.46. The van der Waals surface area contributed by atoms with Crippen LogP contribution in [0, 0.1) is 13.8 Å². The van der Waals surface area contributed by atoms with Crippen molar-refractivity contribution in [3.63, 3.8) is 0 Å². The molecule has 9 heteroatoms. The van der Waals surface area contributed by atoms with Crippen LogP contribution in [0.1, 0.15) is 11.6 Å². The van der Waals surface area contributed by atoms with Crippen molar-refractivity contribution in [2.45, 2.75) is 13.8 Å². The van der Waals surface area contributed by atoms with Gasteiger partial charge in [0.25, 0.3) is 0 Å². The van der Waals surface area contributed by atoms with Crippen LogP contribution in [0.25, 0.3) is 150 Å². The predicted octanol–water partition coefficient (Wildman–Crippen LogP) is 18.0. The van der Waals surface area contributed by atoms with Crippen molar-refractivity contribution >= 4 is 65.4 Å². The van der Waals surface area contributed by atoms with E-state index in [1.54, 1.807) is 0 Å². The molecule has 16 rings (SSSR count). The molecule has 0 spiro atoms. The molecule has 83 heavy (non-hydrogen) atoms. The molecule has 5 heterocycles. The Morgan fingerprint density at radius 2 is 0.554 bits per heavy atom. The van der Waals surface area contributed by atoms with Crippen LogP contribution in [0.3, 0.4) is 0 Å². The van der Waals surface area contributed by atoms with Gasteiger partial charge in [0.05, 0.1) is 38.8 Å². The lowest BCUT2D eigenvalue weighted by Crippen LogP contribution is -2.04. The molecule has 0 saturated heterocycles. The molecule has 0 aliphatic rings. The molecule has 9 nitrogen and oxygen atoms in total. The molecular weight excluding hydrogens is 1010 g/mol. The van der Waals surface area contributed by atoms with E-state index in [4.69, 9.17) is 24.9 Å². The number of rotatable bonds is 9. The first kappa shape index (κ1) is 47.8. The van der Waals surface area contributed by atoms with E-state index in [0.29, 0.717) is 34.9 Å². The van der Waals surface area contributed by atoms with E-state index < -0.39 is 0 Å². The molecule has 16 aromatic rings. The Bertz CT molecular complexity index is 4850. The minimum Gasteiger partial charge on any atom is -0.309 e. The summed E-state index contributed by atoms with van der Waals surface area (Å²) in [6.45, 7) is 3.84. The third kappa shape index (κ3) is 8.00. The van der Waals surface area contributed by atoms with Gasteiger partial charge in [0, 0.05) is 77.1 Å². The van der Waals surface area contributed by atoms with Crippen LogP contribution in [0.5, 0.6) is 0 Å². The smallest absolute Gasteiger partial charge is 0.164 e. The van der Waals surface area contributed by atoms with Gasteiger partial charge in [0.1, 0.15) is 11.6 Å². The number of hydrogen-bond acceptors (Lipinski definition) is 6. The molecule has 0 N–H and O–H groups in total. The van der Waals surface area contributed by atoms with E-state index in [1.807, 2.05) is 50.2 Å². The van der Waals surface area contributed by atoms with E-state index in [2.05, 4.69) is 243 Å². The lowest BCUT2D eigenvalue weighted by molar-refractivity contribution is 0.929. The monoisotopic (exact) mass is 1060 g/mol. The van der Waals surface area contributed by atoms with Gasteiger partial charge in [-0.3, -0.25) is 0 Å². The van der Waals surface area contributed by atoms with Crippen LogP contribution >= 0.6 is 0 Å². The zero-order valence-corrected chi connectivity index (χ0v) is 45.4. The number of nitrogens with zero attached hydrogens (tertiary/aromatic N) is 9. The molecule has 0 atom stereocenters. The second-order valence-corrected chi connectivity index (χ2v) is 21.1. The number of fused-ring (bicyclic) bond motifs is 9. The second kappa shape index (κ2) is 19.3. The summed E-state index contributed by atoms with van der Waals surface area (Å²) in [5, 5.41) is 7.05. The molecule has 0 unspecified atom stereocenters. The van der Waals surface area contributed by atoms with Crippen LogP contribution in [-0.4, -0.2) is 43.6 Å². The Balaban J connectivity index is 0.994. The first-order chi connectivity index (χ1) is 41.0. The minimum absolute atomic E-state index is 0.561. The Labute approximate surface area is 477 Å². The van der Waals surface area contributed by atoms with Gasteiger partial charge in [-0.1, -0.05) is 176 Å². The molecule has 0 amide bonds. The zero-order chi connectivity index (χ0) is 55.1. The van der Waals surface area contributed by atoms with Crippen LogP contribution in [0.4, 0.5) is 0 Å². The fourth-order valence-electron chi connectivity index (χ4n) is 12.5. The van der Waals surface area contributed by atoms with Crippen molar-refractivity contribution in [1.82, 2.24) is 43.6 Å². The minimum atomic E-state index is 0.561. The summed E-state index contributed by atoms with van der Waals surface area (Å²) < 4.78 is 7.20. The lowest BCUT2D eigenvalue weighted by atomic mass is 9.92. The molecular formula is C74H49N9. The average molecular weight is 1060 g/mol. The van der Waals surface area contributed by atoms with E-state index in [1.165, 1.54) is 21.5 Å². The lowest BCUT2D eigenvalue weighted by Gasteiger charge is -2.22. The standard InChI is InChI=1S/C74H49N9/c1-46-75-47(2)77-73(76-46)52-37-42-69-63(43-52)60-27-13-18-32-68(60)83(69)70-61(48-33-38-54(39-34-48)81-64-28-14-9-23-56(64)57-24-10-15-29-65(57)81)44-53(74-79-71(50-19-5-3-6-20-50)78-72(80-74)51-21-7-4-8-22-51)45-62(70)49-35-40-55(41-36-49)82-66-30-16-11-25-58(66)59-26-12-17-31-67(59)82/h3-45H,1-2H3. The fraction of sp³-hybridized carbons (Fsp3) is 0.0270. The Morgan fingerprint density at radius 1 is 0.229 bits per heavy atom. The molecule has 0 aliphatic carbocycles. The molecule has 11 aromatic carbocycles. The van der Waals surface area contributed by atoms with Crippen molar-refractivity contribution in [1.29, 1.82) is 0 Å². The van der Waals surface area contributed by atoms with Crippen molar-refractivity contribution in [3.8, 4) is 84.9 Å². The molecule has 0 fully saturated rings. The summed E-state index contributed by atoms with van der Waals surface area (Å²) in [5.74, 6) is 3.76. The van der Waals surface area contributed by atoms with Gasteiger partial charge >= 0.3 is 0 Å². The van der Waals surface area contributed by atoms with Gasteiger partial charge in [0.2, 0.25) is 0 Å². The number of aromatic nitrogens is 9. The van der Waals surface area contributed by atoms with E-state index >= 15 is 0 Å². The van der Waals surface area contributed by atoms with E-state index in [0.717, 1.165) is 105 Å². The third-order valence-electron chi connectivity index (χ3n) is 16.1. The van der Waals surface area contributed by atoms with Gasteiger partial charge in [-0.25, -0.2) is 29.9 Å². The molecule has 0 radical (unpaired) electrons. The van der Waals surface area contributed by atoms with Crippen LogP contribution in [0.15, 0.2) is 261 Å². The van der Waals surface area contributed by atoms with Gasteiger partial charge in [-0.2, -0.15) is 0 Å². The molecule has 0 bridgehead atoms. The Kier molecular flexibility index (Phi) is 11.1. The Hall–Kier alpha value is -11.2. The molecule has 390 valence electrons. The molecule has 0 aliphatic heterocycles. The maximum absolute atomic E-state index is 5.37. The normalized spacial score (nSPS) is 11.7. The Morgan fingerprint density at radius 3 is 0.976 bits per heavy atom. The summed E-state index contributed by atoms with van der Waals surface area (Å²) in [6, 6.07) is 93.0. The topological polar surface area (TPSA) is 92.1 Å². The fourth-order valence-corrected chi connectivity index (χ4v) is 12.5. The highest BCUT2D eigenvalue weighted by molar-refractivity contribution is 6.13. The zero-order valence-electron chi connectivity index (χ0n) is 45.4.